The Morgan fingerprint density at radius 2 is 2.00 bits per heavy atom. The first kappa shape index (κ1) is 13.0. The molecule has 2 fully saturated rings. The molecule has 0 radical (unpaired) electrons. The standard InChI is InChI=1S/C16H19NO4/c18-15(19)11-5-12(17-7-11)10-1-2-13-14(6-10)21-9-16(3-4-16)8-20-13/h1-2,6,11-12,17H,3-5,7-9H2,(H,18,19). The molecule has 2 atom stereocenters. The number of aliphatic carboxylic acids is 1. The number of hydrogen-bond donors (Lipinski definition) is 2. The van der Waals surface area contributed by atoms with Gasteiger partial charge in [-0.2, -0.15) is 0 Å². The van der Waals surface area contributed by atoms with Gasteiger partial charge >= 0.3 is 5.97 Å². The number of ether oxygens (including phenoxy) is 2. The maximum absolute atomic E-state index is 11.1. The molecule has 1 aromatic rings. The predicted molar refractivity (Wildman–Crippen MR) is 75.6 cm³/mol. The number of nitrogens with one attached hydrogen (secondary N) is 1. The Hall–Kier alpha value is -1.75. The summed E-state index contributed by atoms with van der Waals surface area (Å²) in [6.07, 6.45) is 2.98. The Kier molecular flexibility index (Phi) is 2.85. The smallest absolute Gasteiger partial charge is 0.307 e. The summed E-state index contributed by atoms with van der Waals surface area (Å²) >= 11 is 0. The normalized spacial score (nSPS) is 29.1. The van der Waals surface area contributed by atoms with Gasteiger partial charge in [-0.25, -0.2) is 0 Å². The second-order valence-corrected chi connectivity index (χ2v) is 6.52. The van der Waals surface area contributed by atoms with Crippen LogP contribution in [0.25, 0.3) is 0 Å². The number of rotatable bonds is 2. The van der Waals surface area contributed by atoms with E-state index in [1.165, 1.54) is 12.8 Å². The Bertz CT molecular complexity index is 582. The van der Waals surface area contributed by atoms with Gasteiger partial charge in [-0.05, 0) is 37.0 Å². The highest BCUT2D eigenvalue weighted by Crippen LogP contribution is 2.49. The summed E-state index contributed by atoms with van der Waals surface area (Å²) in [6, 6.07) is 6.04. The molecule has 1 aliphatic carbocycles. The molecule has 1 saturated heterocycles. The van der Waals surface area contributed by atoms with Gasteiger partial charge in [-0.3, -0.25) is 4.79 Å². The Morgan fingerprint density at radius 1 is 1.24 bits per heavy atom. The van der Waals surface area contributed by atoms with E-state index in [1.54, 1.807) is 0 Å². The Labute approximate surface area is 123 Å². The summed E-state index contributed by atoms with van der Waals surface area (Å²) in [7, 11) is 0. The molecule has 112 valence electrons. The van der Waals surface area contributed by atoms with Gasteiger partial charge in [-0.15, -0.1) is 0 Å². The fourth-order valence-corrected chi connectivity index (χ4v) is 3.12. The molecule has 21 heavy (non-hydrogen) atoms. The van der Waals surface area contributed by atoms with E-state index in [4.69, 9.17) is 14.6 Å². The van der Waals surface area contributed by atoms with Crippen LogP contribution in [0.1, 0.15) is 30.9 Å². The zero-order chi connectivity index (χ0) is 14.4. The fourth-order valence-electron chi connectivity index (χ4n) is 3.12. The van der Waals surface area contributed by atoms with Crippen molar-refractivity contribution in [1.82, 2.24) is 5.32 Å². The molecule has 0 amide bonds. The highest BCUT2D eigenvalue weighted by atomic mass is 16.5. The van der Waals surface area contributed by atoms with Crippen LogP contribution in [0.15, 0.2) is 18.2 Å². The Morgan fingerprint density at radius 3 is 2.67 bits per heavy atom. The van der Waals surface area contributed by atoms with Crippen molar-refractivity contribution in [2.24, 2.45) is 11.3 Å². The van der Waals surface area contributed by atoms with Crippen LogP contribution in [0.3, 0.4) is 0 Å². The summed E-state index contributed by atoms with van der Waals surface area (Å²) in [6.45, 7) is 1.99. The van der Waals surface area contributed by atoms with Gasteiger partial charge in [0.2, 0.25) is 0 Å². The lowest BCUT2D eigenvalue weighted by Crippen LogP contribution is -2.17. The quantitative estimate of drug-likeness (QED) is 0.871. The molecule has 2 heterocycles. The van der Waals surface area contributed by atoms with E-state index in [0.717, 1.165) is 30.3 Å². The van der Waals surface area contributed by atoms with Gasteiger partial charge in [0.1, 0.15) is 0 Å². The summed E-state index contributed by atoms with van der Waals surface area (Å²) in [5.74, 6) is 0.558. The first-order valence-electron chi connectivity index (χ1n) is 7.51. The number of hydrogen-bond acceptors (Lipinski definition) is 4. The van der Waals surface area contributed by atoms with Crippen LogP contribution in [-0.2, 0) is 4.79 Å². The van der Waals surface area contributed by atoms with E-state index in [1.807, 2.05) is 18.2 Å². The maximum Gasteiger partial charge on any atom is 0.307 e. The van der Waals surface area contributed by atoms with Crippen molar-refractivity contribution in [2.45, 2.75) is 25.3 Å². The van der Waals surface area contributed by atoms with E-state index in [9.17, 15) is 4.79 Å². The van der Waals surface area contributed by atoms with Crippen molar-refractivity contribution in [3.05, 3.63) is 23.8 Å². The molecular weight excluding hydrogens is 270 g/mol. The SMILES string of the molecule is O=C(O)C1CNC(c2ccc3c(c2)OCC2(CC2)CO3)C1. The third-order valence-electron chi connectivity index (χ3n) is 4.88. The summed E-state index contributed by atoms with van der Waals surface area (Å²) in [5.41, 5.74) is 1.31. The largest absolute Gasteiger partial charge is 0.489 e. The van der Waals surface area contributed by atoms with Gasteiger partial charge in [-0.1, -0.05) is 6.07 Å². The number of fused-ring (bicyclic) bond motifs is 1. The second kappa shape index (κ2) is 4.63. The second-order valence-electron chi connectivity index (χ2n) is 6.52. The van der Waals surface area contributed by atoms with Gasteiger partial charge in [0.25, 0.3) is 0 Å². The van der Waals surface area contributed by atoms with Crippen molar-refractivity contribution < 1.29 is 19.4 Å². The van der Waals surface area contributed by atoms with Gasteiger partial charge in [0, 0.05) is 18.0 Å². The van der Waals surface area contributed by atoms with Crippen LogP contribution < -0.4 is 14.8 Å². The number of carboxylic acid groups (broad SMARTS) is 1. The van der Waals surface area contributed by atoms with Crippen LogP contribution >= 0.6 is 0 Å². The molecule has 1 spiro atoms. The molecule has 2 aliphatic heterocycles. The van der Waals surface area contributed by atoms with Crippen LogP contribution in [-0.4, -0.2) is 30.8 Å². The first-order valence-corrected chi connectivity index (χ1v) is 7.51. The molecule has 0 aromatic heterocycles. The average Bonchev–Trinajstić information content (AvgIpc) is 3.13. The minimum absolute atomic E-state index is 0.0816. The minimum atomic E-state index is -0.727. The van der Waals surface area contributed by atoms with E-state index in [-0.39, 0.29) is 17.4 Å². The summed E-state index contributed by atoms with van der Waals surface area (Å²) in [4.78, 5) is 11.1. The molecule has 5 nitrogen and oxygen atoms in total. The van der Waals surface area contributed by atoms with Crippen LogP contribution in [0.5, 0.6) is 11.5 Å². The Balaban J connectivity index is 1.53. The number of benzene rings is 1. The van der Waals surface area contributed by atoms with Gasteiger partial charge in [0.15, 0.2) is 11.5 Å². The first-order chi connectivity index (χ1) is 10.2. The topological polar surface area (TPSA) is 67.8 Å². The number of carboxylic acids is 1. The van der Waals surface area contributed by atoms with Crippen LogP contribution in [0, 0.1) is 11.3 Å². The van der Waals surface area contributed by atoms with E-state index < -0.39 is 5.97 Å². The molecule has 3 aliphatic rings. The molecule has 2 unspecified atom stereocenters. The van der Waals surface area contributed by atoms with E-state index >= 15 is 0 Å². The average molecular weight is 289 g/mol. The molecule has 1 aromatic carbocycles. The zero-order valence-corrected chi connectivity index (χ0v) is 11.8. The molecule has 0 bridgehead atoms. The minimum Gasteiger partial charge on any atom is -0.489 e. The highest BCUT2D eigenvalue weighted by molar-refractivity contribution is 5.70. The lowest BCUT2D eigenvalue weighted by atomic mass is 10.00. The lowest BCUT2D eigenvalue weighted by molar-refractivity contribution is -0.141. The van der Waals surface area contributed by atoms with Crippen molar-refractivity contribution >= 4 is 5.97 Å². The molecule has 5 heteroatoms. The van der Waals surface area contributed by atoms with Gasteiger partial charge in [0.05, 0.1) is 19.1 Å². The third-order valence-corrected chi connectivity index (χ3v) is 4.88. The predicted octanol–water partition coefficient (Wildman–Crippen LogP) is 1.97. The van der Waals surface area contributed by atoms with Crippen molar-refractivity contribution in [2.75, 3.05) is 19.8 Å². The monoisotopic (exact) mass is 289 g/mol. The molecule has 4 rings (SSSR count). The fraction of sp³-hybridized carbons (Fsp3) is 0.562. The van der Waals surface area contributed by atoms with Crippen molar-refractivity contribution in [1.29, 1.82) is 0 Å². The summed E-state index contributed by atoms with van der Waals surface area (Å²) < 4.78 is 11.8. The van der Waals surface area contributed by atoms with E-state index in [2.05, 4.69) is 5.32 Å². The van der Waals surface area contributed by atoms with Crippen LogP contribution in [0.4, 0.5) is 0 Å². The van der Waals surface area contributed by atoms with Gasteiger partial charge < -0.3 is 19.9 Å². The molecule has 1 saturated carbocycles. The third kappa shape index (κ3) is 2.35. The summed E-state index contributed by atoms with van der Waals surface area (Å²) in [5, 5.41) is 12.4. The zero-order valence-electron chi connectivity index (χ0n) is 11.8. The highest BCUT2D eigenvalue weighted by Gasteiger charge is 2.46. The van der Waals surface area contributed by atoms with Crippen molar-refractivity contribution in [3.63, 3.8) is 0 Å². The maximum atomic E-state index is 11.1. The van der Waals surface area contributed by atoms with E-state index in [0.29, 0.717) is 13.0 Å². The lowest BCUT2D eigenvalue weighted by Gasteiger charge is -2.14. The van der Waals surface area contributed by atoms with Crippen molar-refractivity contribution in [3.8, 4) is 11.5 Å². The number of carbonyl (C=O) groups is 1. The molecular formula is C16H19NO4. The molecule has 2 N–H and O–H groups in total. The van der Waals surface area contributed by atoms with Crippen LogP contribution in [0.2, 0.25) is 0 Å².